The molecule has 0 bridgehead atoms. The maximum atomic E-state index is 11.8. The zero-order valence-electron chi connectivity index (χ0n) is 12.2. The second-order valence-corrected chi connectivity index (χ2v) is 5.28. The van der Waals surface area contributed by atoms with E-state index in [2.05, 4.69) is 39.5 Å². The molecule has 1 aromatic carbocycles. The maximum Gasteiger partial charge on any atom is 0.252 e. The van der Waals surface area contributed by atoms with E-state index in [9.17, 15) is 4.79 Å². The molecule has 0 spiro atoms. The number of aromatic nitrogens is 1. The van der Waals surface area contributed by atoms with Gasteiger partial charge in [-0.2, -0.15) is 0 Å². The Hall–Kier alpha value is -2.36. The van der Waals surface area contributed by atoms with Crippen molar-refractivity contribution in [2.45, 2.75) is 19.4 Å². The summed E-state index contributed by atoms with van der Waals surface area (Å²) in [4.78, 5) is 18.6. The van der Waals surface area contributed by atoms with Crippen LogP contribution < -0.4 is 10.2 Å². The van der Waals surface area contributed by atoms with E-state index in [1.54, 1.807) is 13.2 Å². The lowest BCUT2D eigenvalue weighted by atomic mass is 10.0. The lowest BCUT2D eigenvalue weighted by Gasteiger charge is -2.31. The highest BCUT2D eigenvalue weighted by molar-refractivity contribution is 5.94. The molecule has 1 aliphatic heterocycles. The minimum Gasteiger partial charge on any atom is -0.366 e. The number of carbonyl (C=O) groups is 1. The number of fused-ring (bicyclic) bond motifs is 1. The van der Waals surface area contributed by atoms with Crippen molar-refractivity contribution >= 4 is 11.6 Å². The van der Waals surface area contributed by atoms with Gasteiger partial charge in [0.2, 0.25) is 0 Å². The number of anilines is 1. The van der Waals surface area contributed by atoms with Gasteiger partial charge in [-0.25, -0.2) is 0 Å². The Balaban J connectivity index is 1.90. The fourth-order valence-electron chi connectivity index (χ4n) is 2.74. The predicted octanol–water partition coefficient (Wildman–Crippen LogP) is 2.39. The molecule has 1 N–H and O–H groups in total. The Kier molecular flexibility index (Phi) is 3.86. The summed E-state index contributed by atoms with van der Waals surface area (Å²) in [7, 11) is 1.64. The first kappa shape index (κ1) is 13.6. The lowest BCUT2D eigenvalue weighted by Crippen LogP contribution is -2.30. The smallest absolute Gasteiger partial charge is 0.252 e. The SMILES string of the molecule is CNC(=O)c1cnc2c(c1)N(Cc1ccccc1)CCC2. The van der Waals surface area contributed by atoms with Gasteiger partial charge in [-0.15, -0.1) is 0 Å². The van der Waals surface area contributed by atoms with E-state index in [0.29, 0.717) is 5.56 Å². The van der Waals surface area contributed by atoms with Crippen molar-refractivity contribution < 1.29 is 4.79 Å². The molecule has 1 amide bonds. The van der Waals surface area contributed by atoms with E-state index in [1.165, 1.54) is 5.56 Å². The third-order valence-electron chi connectivity index (χ3n) is 3.84. The Morgan fingerprint density at radius 1 is 1.33 bits per heavy atom. The summed E-state index contributed by atoms with van der Waals surface area (Å²) in [6.45, 7) is 1.85. The van der Waals surface area contributed by atoms with Gasteiger partial charge >= 0.3 is 0 Å². The van der Waals surface area contributed by atoms with Crippen LogP contribution in [-0.2, 0) is 13.0 Å². The second-order valence-electron chi connectivity index (χ2n) is 5.28. The van der Waals surface area contributed by atoms with Crippen molar-refractivity contribution in [3.8, 4) is 0 Å². The summed E-state index contributed by atoms with van der Waals surface area (Å²) in [6, 6.07) is 12.4. The zero-order valence-corrected chi connectivity index (χ0v) is 12.2. The summed E-state index contributed by atoms with van der Waals surface area (Å²) in [6.07, 6.45) is 3.75. The van der Waals surface area contributed by atoms with Crippen LogP contribution in [0.1, 0.15) is 28.0 Å². The highest BCUT2D eigenvalue weighted by Gasteiger charge is 2.19. The van der Waals surface area contributed by atoms with Crippen LogP contribution in [0.4, 0.5) is 5.69 Å². The molecule has 108 valence electrons. The molecule has 3 rings (SSSR count). The summed E-state index contributed by atoms with van der Waals surface area (Å²) < 4.78 is 0. The van der Waals surface area contributed by atoms with Gasteiger partial charge in [-0.3, -0.25) is 9.78 Å². The Labute approximate surface area is 124 Å². The summed E-state index contributed by atoms with van der Waals surface area (Å²) in [5.41, 5.74) is 4.07. The van der Waals surface area contributed by atoms with Crippen LogP contribution in [-0.4, -0.2) is 24.5 Å². The van der Waals surface area contributed by atoms with Crippen LogP contribution in [0.15, 0.2) is 42.6 Å². The first-order valence-corrected chi connectivity index (χ1v) is 7.28. The van der Waals surface area contributed by atoms with Crippen LogP contribution in [0.2, 0.25) is 0 Å². The molecular weight excluding hydrogens is 262 g/mol. The van der Waals surface area contributed by atoms with E-state index < -0.39 is 0 Å². The van der Waals surface area contributed by atoms with Crippen LogP contribution in [0, 0.1) is 0 Å². The Bertz CT molecular complexity index is 640. The Morgan fingerprint density at radius 2 is 2.14 bits per heavy atom. The molecule has 0 radical (unpaired) electrons. The highest BCUT2D eigenvalue weighted by Crippen LogP contribution is 2.27. The van der Waals surface area contributed by atoms with Crippen molar-refractivity contribution in [2.75, 3.05) is 18.5 Å². The highest BCUT2D eigenvalue weighted by atomic mass is 16.1. The van der Waals surface area contributed by atoms with Crippen LogP contribution in [0.5, 0.6) is 0 Å². The average molecular weight is 281 g/mol. The first-order valence-electron chi connectivity index (χ1n) is 7.28. The molecule has 1 aromatic heterocycles. The topological polar surface area (TPSA) is 45.2 Å². The van der Waals surface area contributed by atoms with Gasteiger partial charge in [-0.1, -0.05) is 30.3 Å². The van der Waals surface area contributed by atoms with Crippen LogP contribution >= 0.6 is 0 Å². The molecule has 21 heavy (non-hydrogen) atoms. The number of nitrogens with one attached hydrogen (secondary N) is 1. The number of benzene rings is 1. The van der Waals surface area contributed by atoms with Crippen LogP contribution in [0.3, 0.4) is 0 Å². The molecule has 0 saturated heterocycles. The maximum absolute atomic E-state index is 11.8. The van der Waals surface area contributed by atoms with Crippen molar-refractivity contribution in [3.63, 3.8) is 0 Å². The van der Waals surface area contributed by atoms with Gasteiger partial charge in [0.05, 0.1) is 16.9 Å². The van der Waals surface area contributed by atoms with Gasteiger partial charge in [0.1, 0.15) is 0 Å². The number of amides is 1. The van der Waals surface area contributed by atoms with Crippen molar-refractivity contribution in [1.29, 1.82) is 0 Å². The molecule has 0 saturated carbocycles. The van der Waals surface area contributed by atoms with E-state index in [-0.39, 0.29) is 5.91 Å². The molecule has 1 aliphatic rings. The molecule has 2 aromatic rings. The quantitative estimate of drug-likeness (QED) is 0.939. The fraction of sp³-hybridized carbons (Fsp3) is 0.294. The lowest BCUT2D eigenvalue weighted by molar-refractivity contribution is 0.0962. The van der Waals surface area contributed by atoms with E-state index in [1.807, 2.05) is 12.1 Å². The number of hydrogen-bond donors (Lipinski definition) is 1. The van der Waals surface area contributed by atoms with Crippen molar-refractivity contribution in [3.05, 3.63) is 59.4 Å². The monoisotopic (exact) mass is 281 g/mol. The largest absolute Gasteiger partial charge is 0.366 e. The molecule has 2 heterocycles. The van der Waals surface area contributed by atoms with E-state index in [4.69, 9.17) is 0 Å². The third kappa shape index (κ3) is 2.89. The molecule has 4 nitrogen and oxygen atoms in total. The Morgan fingerprint density at radius 3 is 2.90 bits per heavy atom. The molecule has 0 atom stereocenters. The number of pyridine rings is 1. The average Bonchev–Trinajstić information content (AvgIpc) is 2.55. The van der Waals surface area contributed by atoms with Crippen LogP contribution in [0.25, 0.3) is 0 Å². The minimum absolute atomic E-state index is 0.0875. The number of nitrogens with zero attached hydrogens (tertiary/aromatic N) is 2. The number of hydrogen-bond acceptors (Lipinski definition) is 3. The van der Waals surface area contributed by atoms with Gasteiger partial charge in [0.25, 0.3) is 5.91 Å². The molecule has 4 heteroatoms. The number of rotatable bonds is 3. The zero-order chi connectivity index (χ0) is 14.7. The third-order valence-corrected chi connectivity index (χ3v) is 3.84. The summed E-state index contributed by atoms with van der Waals surface area (Å²) >= 11 is 0. The van der Waals surface area contributed by atoms with Gasteiger partial charge < -0.3 is 10.2 Å². The minimum atomic E-state index is -0.0875. The normalized spacial score (nSPS) is 13.7. The molecule has 0 aliphatic carbocycles. The molecule has 0 fully saturated rings. The van der Waals surface area contributed by atoms with Crippen molar-refractivity contribution in [1.82, 2.24) is 10.3 Å². The summed E-state index contributed by atoms with van der Waals surface area (Å²) in [5, 5.41) is 2.66. The van der Waals surface area contributed by atoms with Gasteiger partial charge in [-0.05, 0) is 24.5 Å². The molecule has 0 unspecified atom stereocenters. The number of carbonyl (C=O) groups excluding carboxylic acids is 1. The molecular formula is C17H19N3O. The standard InChI is InChI=1S/C17H19N3O/c1-18-17(21)14-10-16-15(19-11-14)8-5-9-20(16)12-13-6-3-2-4-7-13/h2-4,6-7,10-11H,5,8-9,12H2,1H3,(H,18,21). The fourth-order valence-corrected chi connectivity index (χ4v) is 2.74. The first-order chi connectivity index (χ1) is 10.3. The van der Waals surface area contributed by atoms with Crippen molar-refractivity contribution in [2.24, 2.45) is 0 Å². The van der Waals surface area contributed by atoms with E-state index >= 15 is 0 Å². The second kappa shape index (κ2) is 5.95. The number of aryl methyl sites for hydroxylation is 1. The van der Waals surface area contributed by atoms with Gasteiger partial charge in [0, 0.05) is 26.3 Å². The van der Waals surface area contributed by atoms with Gasteiger partial charge in [0.15, 0.2) is 0 Å². The predicted molar refractivity (Wildman–Crippen MR) is 83.4 cm³/mol. The van der Waals surface area contributed by atoms with E-state index in [0.717, 1.165) is 37.3 Å². The summed E-state index contributed by atoms with van der Waals surface area (Å²) in [5.74, 6) is -0.0875.